The van der Waals surface area contributed by atoms with E-state index in [1.807, 2.05) is 0 Å². The second-order valence-corrected chi connectivity index (χ2v) is 8.03. The van der Waals surface area contributed by atoms with Gasteiger partial charge in [0.05, 0.1) is 4.90 Å². The number of fused-ring (bicyclic) bond motifs is 1. The van der Waals surface area contributed by atoms with Crippen LogP contribution in [0.3, 0.4) is 0 Å². The van der Waals surface area contributed by atoms with Crippen molar-refractivity contribution in [3.8, 4) is 0 Å². The summed E-state index contributed by atoms with van der Waals surface area (Å²) in [4.78, 5) is 2.98. The molecule has 0 bridgehead atoms. The van der Waals surface area contributed by atoms with E-state index in [1.165, 1.54) is 12.3 Å². The number of benzene rings is 2. The van der Waals surface area contributed by atoms with Crippen LogP contribution >= 0.6 is 27.5 Å². The van der Waals surface area contributed by atoms with Crippen LogP contribution in [0.2, 0.25) is 5.02 Å². The molecule has 4 nitrogen and oxygen atoms in total. The summed E-state index contributed by atoms with van der Waals surface area (Å²) in [6, 6.07) is 11.4. The van der Waals surface area contributed by atoms with Crippen LogP contribution in [0.1, 0.15) is 11.0 Å². The summed E-state index contributed by atoms with van der Waals surface area (Å²) < 4.78 is 25.7. The van der Waals surface area contributed by atoms with Gasteiger partial charge in [-0.05, 0) is 46.3 Å². The number of sulfone groups is 1. The van der Waals surface area contributed by atoms with Gasteiger partial charge in [-0.2, -0.15) is 0 Å². The van der Waals surface area contributed by atoms with Gasteiger partial charge in [0.25, 0.3) is 0 Å². The molecule has 0 saturated heterocycles. The van der Waals surface area contributed by atoms with E-state index in [0.717, 1.165) is 0 Å². The molecule has 2 N–H and O–H groups in total. The smallest absolute Gasteiger partial charge is 0.210 e. The molecule has 1 unspecified atom stereocenters. The van der Waals surface area contributed by atoms with E-state index < -0.39 is 15.3 Å². The molecular weight excluding hydrogens is 390 g/mol. The number of aliphatic hydroxyl groups excluding tert-OH is 1. The number of aromatic nitrogens is 1. The lowest BCUT2D eigenvalue weighted by Crippen LogP contribution is -2.13. The molecule has 0 aliphatic carbocycles. The van der Waals surface area contributed by atoms with E-state index in [2.05, 4.69) is 20.9 Å². The highest BCUT2D eigenvalue weighted by Gasteiger charge is 2.30. The maximum Gasteiger partial charge on any atom is 0.210 e. The Bertz CT molecular complexity index is 952. The Morgan fingerprint density at radius 3 is 2.64 bits per heavy atom. The SMILES string of the molecule is O=S(=O)(c1ccccc1Br)C(O)c1c[nH]c2ccc(Cl)cc12. The maximum absolute atomic E-state index is 12.7. The zero-order valence-electron chi connectivity index (χ0n) is 11.1. The average molecular weight is 401 g/mol. The molecule has 0 saturated carbocycles. The molecule has 0 aliphatic heterocycles. The Labute approximate surface area is 140 Å². The van der Waals surface area contributed by atoms with Crippen LogP contribution in [0.25, 0.3) is 10.9 Å². The minimum atomic E-state index is -3.95. The highest BCUT2D eigenvalue weighted by atomic mass is 79.9. The van der Waals surface area contributed by atoms with Crippen molar-refractivity contribution in [3.05, 3.63) is 63.7 Å². The molecule has 1 aromatic heterocycles. The van der Waals surface area contributed by atoms with Crippen molar-refractivity contribution >= 4 is 48.3 Å². The molecule has 0 amide bonds. The molecule has 3 aromatic rings. The lowest BCUT2D eigenvalue weighted by atomic mass is 10.2. The van der Waals surface area contributed by atoms with E-state index in [9.17, 15) is 13.5 Å². The highest BCUT2D eigenvalue weighted by Crippen LogP contribution is 2.35. The third kappa shape index (κ3) is 2.56. The van der Waals surface area contributed by atoms with Gasteiger partial charge in [0.2, 0.25) is 9.84 Å². The summed E-state index contributed by atoms with van der Waals surface area (Å²) in [5, 5.41) is 11.5. The first kappa shape index (κ1) is 15.6. The summed E-state index contributed by atoms with van der Waals surface area (Å²) >= 11 is 9.16. The van der Waals surface area contributed by atoms with E-state index >= 15 is 0 Å². The van der Waals surface area contributed by atoms with Crippen LogP contribution in [0.4, 0.5) is 0 Å². The Morgan fingerprint density at radius 1 is 1.18 bits per heavy atom. The Morgan fingerprint density at radius 2 is 1.91 bits per heavy atom. The van der Waals surface area contributed by atoms with Gasteiger partial charge in [0.1, 0.15) is 0 Å². The van der Waals surface area contributed by atoms with Gasteiger partial charge in [0, 0.05) is 32.2 Å². The summed E-state index contributed by atoms with van der Waals surface area (Å²) in [6.07, 6.45) is 1.49. The molecule has 114 valence electrons. The third-order valence-electron chi connectivity index (χ3n) is 3.38. The van der Waals surface area contributed by atoms with Crippen molar-refractivity contribution in [2.24, 2.45) is 0 Å². The summed E-state index contributed by atoms with van der Waals surface area (Å²) in [6.45, 7) is 0. The van der Waals surface area contributed by atoms with Crippen LogP contribution in [-0.2, 0) is 9.84 Å². The molecule has 0 radical (unpaired) electrons. The number of rotatable bonds is 3. The standard InChI is InChI=1S/C15H11BrClNO3S/c16-12-3-1-2-4-14(12)22(20,21)15(19)11-8-18-13-6-5-9(17)7-10(11)13/h1-8,15,18-19H. The van der Waals surface area contributed by atoms with Crippen molar-refractivity contribution < 1.29 is 13.5 Å². The largest absolute Gasteiger partial charge is 0.373 e. The van der Waals surface area contributed by atoms with Gasteiger partial charge in [-0.25, -0.2) is 8.42 Å². The van der Waals surface area contributed by atoms with Gasteiger partial charge < -0.3 is 10.1 Å². The van der Waals surface area contributed by atoms with Crippen LogP contribution < -0.4 is 0 Å². The van der Waals surface area contributed by atoms with E-state index in [4.69, 9.17) is 11.6 Å². The van der Waals surface area contributed by atoms with Gasteiger partial charge in [-0.15, -0.1) is 0 Å². The Balaban J connectivity index is 2.15. The van der Waals surface area contributed by atoms with Crippen molar-refractivity contribution in [1.82, 2.24) is 4.98 Å². The fraction of sp³-hybridized carbons (Fsp3) is 0.0667. The molecule has 1 atom stereocenters. The van der Waals surface area contributed by atoms with E-state index in [1.54, 1.807) is 36.4 Å². The molecule has 7 heteroatoms. The molecular formula is C15H11BrClNO3S. The normalized spacial score (nSPS) is 13.4. The van der Waals surface area contributed by atoms with Gasteiger partial charge in [0.15, 0.2) is 5.44 Å². The minimum Gasteiger partial charge on any atom is -0.373 e. The molecule has 0 aliphatic rings. The quantitative estimate of drug-likeness (QED) is 0.697. The highest BCUT2D eigenvalue weighted by molar-refractivity contribution is 9.10. The number of nitrogens with one attached hydrogen (secondary N) is 1. The fourth-order valence-corrected chi connectivity index (χ4v) is 4.79. The summed E-state index contributed by atoms with van der Waals surface area (Å²) in [7, 11) is -3.95. The van der Waals surface area contributed by atoms with E-state index in [0.29, 0.717) is 20.4 Å². The van der Waals surface area contributed by atoms with Crippen molar-refractivity contribution in [3.63, 3.8) is 0 Å². The second kappa shape index (κ2) is 5.70. The van der Waals surface area contributed by atoms with Crippen molar-refractivity contribution in [2.75, 3.05) is 0 Å². The Hall–Kier alpha value is -1.34. The Kier molecular flexibility index (Phi) is 4.03. The number of H-pyrrole nitrogens is 1. The fourth-order valence-electron chi connectivity index (χ4n) is 2.28. The number of halogens is 2. The zero-order valence-corrected chi connectivity index (χ0v) is 14.3. The van der Waals surface area contributed by atoms with Crippen LogP contribution in [0.15, 0.2) is 58.0 Å². The van der Waals surface area contributed by atoms with Crippen LogP contribution in [0, 0.1) is 0 Å². The maximum atomic E-state index is 12.7. The number of aliphatic hydroxyl groups is 1. The van der Waals surface area contributed by atoms with Crippen molar-refractivity contribution in [2.45, 2.75) is 10.3 Å². The molecule has 0 fully saturated rings. The van der Waals surface area contributed by atoms with Crippen molar-refractivity contribution in [1.29, 1.82) is 0 Å². The number of aromatic amines is 1. The lowest BCUT2D eigenvalue weighted by Gasteiger charge is -2.13. The molecule has 22 heavy (non-hydrogen) atoms. The molecule has 3 rings (SSSR count). The third-order valence-corrected chi connectivity index (χ3v) is 6.38. The van der Waals surface area contributed by atoms with E-state index in [-0.39, 0.29) is 10.5 Å². The van der Waals surface area contributed by atoms with Gasteiger partial charge >= 0.3 is 0 Å². The zero-order chi connectivity index (χ0) is 15.9. The second-order valence-electron chi connectivity index (χ2n) is 4.76. The monoisotopic (exact) mass is 399 g/mol. The van der Waals surface area contributed by atoms with Gasteiger partial charge in [-0.1, -0.05) is 23.7 Å². The first-order chi connectivity index (χ1) is 10.4. The van der Waals surface area contributed by atoms with Crippen LogP contribution in [0.5, 0.6) is 0 Å². The first-order valence-corrected chi connectivity index (χ1v) is 9.06. The molecule has 2 aromatic carbocycles. The lowest BCUT2D eigenvalue weighted by molar-refractivity contribution is 0.256. The summed E-state index contributed by atoms with van der Waals surface area (Å²) in [5.74, 6) is 0. The number of hydrogen-bond acceptors (Lipinski definition) is 3. The summed E-state index contributed by atoms with van der Waals surface area (Å²) in [5.41, 5.74) is -0.701. The minimum absolute atomic E-state index is 0.0406. The molecule has 0 spiro atoms. The first-order valence-electron chi connectivity index (χ1n) is 6.34. The van der Waals surface area contributed by atoms with Gasteiger partial charge in [-0.3, -0.25) is 0 Å². The van der Waals surface area contributed by atoms with Crippen LogP contribution in [-0.4, -0.2) is 18.5 Å². The molecule has 1 heterocycles. The average Bonchev–Trinajstić information content (AvgIpc) is 2.89. The topological polar surface area (TPSA) is 70.2 Å². The predicted molar refractivity (Wildman–Crippen MR) is 89.6 cm³/mol. The predicted octanol–water partition coefficient (Wildman–Crippen LogP) is 4.05. The number of hydrogen-bond donors (Lipinski definition) is 2.